The minimum atomic E-state index is -4.75. The van der Waals surface area contributed by atoms with Gasteiger partial charge in [0.15, 0.2) is 0 Å². The van der Waals surface area contributed by atoms with E-state index in [0.29, 0.717) is 19.1 Å². The first-order valence-electron chi connectivity index (χ1n) is 6.09. The zero-order valence-corrected chi connectivity index (χ0v) is 10.5. The first-order chi connectivity index (χ1) is 9.39. The molecule has 0 bridgehead atoms. The van der Waals surface area contributed by atoms with Crippen molar-refractivity contribution in [1.82, 2.24) is 5.32 Å². The Bertz CT molecular complexity index is 496. The molecule has 1 saturated heterocycles. The average Bonchev–Trinajstić information content (AvgIpc) is 2.89. The summed E-state index contributed by atoms with van der Waals surface area (Å²) in [6.45, 7) is 0.498. The monoisotopic (exact) mass is 291 g/mol. The molecule has 0 saturated carbocycles. The molecule has 0 radical (unpaired) electrons. The maximum Gasteiger partial charge on any atom is 0.419 e. The molecule has 1 atom stereocenters. The predicted molar refractivity (Wildman–Crippen MR) is 62.2 cm³/mol. The topological polar surface area (TPSA) is 38.3 Å². The fourth-order valence-electron chi connectivity index (χ4n) is 2.00. The molecular formula is C13H13F4NO2. The second-order valence-electron chi connectivity index (χ2n) is 4.55. The highest BCUT2D eigenvalue weighted by molar-refractivity contribution is 5.78. The molecule has 1 aliphatic rings. The lowest BCUT2D eigenvalue weighted by atomic mass is 10.1. The third-order valence-corrected chi connectivity index (χ3v) is 3.14. The van der Waals surface area contributed by atoms with Crippen molar-refractivity contribution in [2.45, 2.75) is 19.1 Å². The van der Waals surface area contributed by atoms with Crippen molar-refractivity contribution in [2.75, 3.05) is 13.2 Å². The largest absolute Gasteiger partial charge is 0.419 e. The average molecular weight is 291 g/mol. The third-order valence-electron chi connectivity index (χ3n) is 3.14. The fraction of sp³-hybridized carbons (Fsp3) is 0.462. The summed E-state index contributed by atoms with van der Waals surface area (Å²) in [4.78, 5) is 11.7. The number of carbonyl (C=O) groups is 1. The van der Waals surface area contributed by atoms with Crippen molar-refractivity contribution < 1.29 is 27.1 Å². The lowest BCUT2D eigenvalue weighted by molar-refractivity contribution is -0.140. The second kappa shape index (κ2) is 5.78. The smallest absolute Gasteiger partial charge is 0.381 e. The van der Waals surface area contributed by atoms with E-state index >= 15 is 0 Å². The second-order valence-corrected chi connectivity index (χ2v) is 4.55. The maximum atomic E-state index is 13.7. The van der Waals surface area contributed by atoms with Crippen LogP contribution in [0, 0.1) is 11.7 Å². The number of halogens is 4. The quantitative estimate of drug-likeness (QED) is 0.869. The van der Waals surface area contributed by atoms with E-state index in [4.69, 9.17) is 4.74 Å². The van der Waals surface area contributed by atoms with Crippen molar-refractivity contribution in [2.24, 2.45) is 5.92 Å². The Morgan fingerprint density at radius 1 is 1.40 bits per heavy atom. The Morgan fingerprint density at radius 3 is 2.75 bits per heavy atom. The van der Waals surface area contributed by atoms with Gasteiger partial charge in [0.1, 0.15) is 5.82 Å². The van der Waals surface area contributed by atoms with Gasteiger partial charge in [0.2, 0.25) is 5.91 Å². The van der Waals surface area contributed by atoms with Gasteiger partial charge in [-0.2, -0.15) is 13.2 Å². The van der Waals surface area contributed by atoms with E-state index in [1.54, 1.807) is 0 Å². The molecule has 0 spiro atoms. The molecule has 1 aromatic rings. The highest BCUT2D eigenvalue weighted by Crippen LogP contribution is 2.32. The number of rotatable bonds is 3. The Balaban J connectivity index is 2.04. The SMILES string of the molecule is O=C(NCc1cccc(C(F)(F)F)c1F)[C@H]1CCOC1. The van der Waals surface area contributed by atoms with Crippen LogP contribution < -0.4 is 5.32 Å². The molecule has 1 heterocycles. The molecule has 2 rings (SSSR count). The summed E-state index contributed by atoms with van der Waals surface area (Å²) in [7, 11) is 0. The normalized spacial score (nSPS) is 19.1. The highest BCUT2D eigenvalue weighted by Gasteiger charge is 2.34. The molecule has 1 N–H and O–H groups in total. The van der Waals surface area contributed by atoms with Crippen LogP contribution in [0.15, 0.2) is 18.2 Å². The van der Waals surface area contributed by atoms with Crippen LogP contribution in [0.2, 0.25) is 0 Å². The van der Waals surface area contributed by atoms with E-state index < -0.39 is 17.6 Å². The highest BCUT2D eigenvalue weighted by atomic mass is 19.4. The van der Waals surface area contributed by atoms with Crippen LogP contribution in [0.4, 0.5) is 17.6 Å². The van der Waals surface area contributed by atoms with Gasteiger partial charge in [-0.25, -0.2) is 4.39 Å². The van der Waals surface area contributed by atoms with E-state index in [2.05, 4.69) is 5.32 Å². The van der Waals surface area contributed by atoms with Crippen LogP contribution in [0.5, 0.6) is 0 Å². The number of nitrogens with one attached hydrogen (secondary N) is 1. The van der Waals surface area contributed by atoms with Gasteiger partial charge >= 0.3 is 6.18 Å². The van der Waals surface area contributed by atoms with E-state index in [9.17, 15) is 22.4 Å². The van der Waals surface area contributed by atoms with Crippen molar-refractivity contribution in [3.8, 4) is 0 Å². The minimum Gasteiger partial charge on any atom is -0.381 e. The lowest BCUT2D eigenvalue weighted by Crippen LogP contribution is -2.31. The van der Waals surface area contributed by atoms with Gasteiger partial charge in [0.05, 0.1) is 18.1 Å². The molecule has 1 aliphatic heterocycles. The molecule has 7 heteroatoms. The number of alkyl halides is 3. The Hall–Kier alpha value is -1.63. The van der Waals surface area contributed by atoms with Crippen LogP contribution >= 0.6 is 0 Å². The zero-order chi connectivity index (χ0) is 14.8. The molecule has 1 amide bonds. The van der Waals surface area contributed by atoms with Crippen LogP contribution in [-0.2, 0) is 22.3 Å². The van der Waals surface area contributed by atoms with E-state index in [1.165, 1.54) is 6.07 Å². The number of hydrogen-bond donors (Lipinski definition) is 1. The van der Waals surface area contributed by atoms with Crippen molar-refractivity contribution in [3.05, 3.63) is 35.1 Å². The number of hydrogen-bond acceptors (Lipinski definition) is 2. The van der Waals surface area contributed by atoms with Gasteiger partial charge in [0.25, 0.3) is 0 Å². The first kappa shape index (κ1) is 14.8. The standard InChI is InChI=1S/C13H13F4NO2/c14-11-8(2-1-3-10(11)13(15,16)17)6-18-12(19)9-4-5-20-7-9/h1-3,9H,4-7H2,(H,18,19)/t9-/m0/s1. The number of benzene rings is 1. The molecule has 0 aromatic heterocycles. The summed E-state index contributed by atoms with van der Waals surface area (Å²) in [5.41, 5.74) is -1.51. The van der Waals surface area contributed by atoms with E-state index in [-0.39, 0.29) is 30.5 Å². The summed E-state index contributed by atoms with van der Waals surface area (Å²) >= 11 is 0. The number of ether oxygens (including phenoxy) is 1. The molecular weight excluding hydrogens is 278 g/mol. The van der Waals surface area contributed by atoms with Gasteiger partial charge < -0.3 is 10.1 Å². The lowest BCUT2D eigenvalue weighted by Gasteiger charge is -2.13. The summed E-state index contributed by atoms with van der Waals surface area (Å²) < 4.78 is 56.3. The van der Waals surface area contributed by atoms with Crippen LogP contribution in [-0.4, -0.2) is 19.1 Å². The van der Waals surface area contributed by atoms with Crippen LogP contribution in [0.1, 0.15) is 17.5 Å². The molecule has 0 aliphatic carbocycles. The van der Waals surface area contributed by atoms with Gasteiger partial charge in [-0.1, -0.05) is 12.1 Å². The van der Waals surface area contributed by atoms with Crippen molar-refractivity contribution in [3.63, 3.8) is 0 Å². The zero-order valence-electron chi connectivity index (χ0n) is 10.5. The Labute approximate surface area is 112 Å². The maximum absolute atomic E-state index is 13.7. The van der Waals surface area contributed by atoms with Crippen LogP contribution in [0.25, 0.3) is 0 Å². The van der Waals surface area contributed by atoms with Gasteiger partial charge in [-0.05, 0) is 12.5 Å². The number of carbonyl (C=O) groups excluding carboxylic acids is 1. The van der Waals surface area contributed by atoms with Gasteiger partial charge in [-0.15, -0.1) is 0 Å². The molecule has 0 unspecified atom stereocenters. The third kappa shape index (κ3) is 3.27. The van der Waals surface area contributed by atoms with Crippen molar-refractivity contribution >= 4 is 5.91 Å². The van der Waals surface area contributed by atoms with E-state index in [0.717, 1.165) is 6.07 Å². The first-order valence-corrected chi connectivity index (χ1v) is 6.09. The molecule has 1 aromatic carbocycles. The summed E-state index contributed by atoms with van der Waals surface area (Å²) in [5.74, 6) is -1.99. The molecule has 110 valence electrons. The van der Waals surface area contributed by atoms with Gasteiger partial charge in [0, 0.05) is 18.7 Å². The van der Waals surface area contributed by atoms with E-state index in [1.807, 2.05) is 0 Å². The van der Waals surface area contributed by atoms with Crippen molar-refractivity contribution in [1.29, 1.82) is 0 Å². The van der Waals surface area contributed by atoms with Crippen LogP contribution in [0.3, 0.4) is 0 Å². The van der Waals surface area contributed by atoms with Gasteiger partial charge in [-0.3, -0.25) is 4.79 Å². The predicted octanol–water partition coefficient (Wildman–Crippen LogP) is 2.50. The minimum absolute atomic E-state index is 0.188. The molecule has 1 fully saturated rings. The molecule has 20 heavy (non-hydrogen) atoms. The molecule has 3 nitrogen and oxygen atoms in total. The summed E-state index contributed by atoms with van der Waals surface area (Å²) in [6.07, 6.45) is -4.18. The Morgan fingerprint density at radius 2 is 2.15 bits per heavy atom. The Kier molecular flexibility index (Phi) is 4.27. The fourth-order valence-corrected chi connectivity index (χ4v) is 2.00. The summed E-state index contributed by atoms with van der Waals surface area (Å²) in [5, 5.41) is 2.43. The number of amides is 1. The summed E-state index contributed by atoms with van der Waals surface area (Å²) in [6, 6.07) is 3.01.